The minimum atomic E-state index is 0.965. The first-order valence-corrected chi connectivity index (χ1v) is 15.0. The molecule has 0 saturated heterocycles. The molecule has 0 spiro atoms. The van der Waals surface area contributed by atoms with Crippen molar-refractivity contribution in [3.63, 3.8) is 0 Å². The van der Waals surface area contributed by atoms with Crippen molar-refractivity contribution in [3.8, 4) is 33.6 Å². The number of hydrogen-bond acceptors (Lipinski definition) is 1. The maximum absolute atomic E-state index is 4.85. The second-order valence-corrected chi connectivity index (χ2v) is 11.3. The number of benzene rings is 6. The predicted molar refractivity (Wildman–Crippen MR) is 184 cm³/mol. The van der Waals surface area contributed by atoms with Gasteiger partial charge < -0.3 is 4.57 Å². The van der Waals surface area contributed by atoms with Crippen molar-refractivity contribution < 1.29 is 0 Å². The Balaban J connectivity index is 1.24. The highest BCUT2D eigenvalue weighted by Crippen LogP contribution is 2.37. The topological polar surface area (TPSA) is 22.8 Å². The summed E-state index contributed by atoms with van der Waals surface area (Å²) < 4.78 is 4.67. The molecule has 0 unspecified atom stereocenters. The van der Waals surface area contributed by atoms with E-state index in [9.17, 15) is 0 Å². The largest absolute Gasteiger partial charge is 0.309 e. The highest BCUT2D eigenvalue weighted by Gasteiger charge is 2.16. The smallest absolute Gasteiger partial charge is 0.145 e. The Morgan fingerprint density at radius 3 is 1.61 bits per heavy atom. The first-order valence-electron chi connectivity index (χ1n) is 15.0. The third-order valence-electron chi connectivity index (χ3n) is 8.78. The summed E-state index contributed by atoms with van der Waals surface area (Å²) in [4.78, 5) is 4.85. The minimum Gasteiger partial charge on any atom is -0.309 e. The first kappa shape index (κ1) is 24.6. The third kappa shape index (κ3) is 3.80. The van der Waals surface area contributed by atoms with Crippen molar-refractivity contribution in [2.75, 3.05) is 0 Å². The van der Waals surface area contributed by atoms with Gasteiger partial charge in [-0.25, -0.2) is 4.98 Å². The van der Waals surface area contributed by atoms with E-state index in [-0.39, 0.29) is 0 Å². The standard InChI is InChI=1S/C41H27N3/c1-3-10-28(11-4-1)29-17-21-33(22-18-29)44-40-27-31(20-24-36(40)37-15-9-25-42-41(37)44)30-19-23-35-34-14-7-8-16-38(34)43(39(35)26-30)32-12-5-2-6-13-32/h1-27H. The fraction of sp³-hybridized carbons (Fsp3) is 0. The molecule has 0 bridgehead atoms. The minimum absolute atomic E-state index is 0.965. The number of nitrogens with zero attached hydrogens (tertiary/aromatic N) is 3. The van der Waals surface area contributed by atoms with Crippen LogP contribution in [-0.4, -0.2) is 14.1 Å². The summed E-state index contributed by atoms with van der Waals surface area (Å²) in [6, 6.07) is 56.5. The summed E-state index contributed by atoms with van der Waals surface area (Å²) >= 11 is 0. The molecule has 3 heterocycles. The van der Waals surface area contributed by atoms with Crippen molar-refractivity contribution in [1.29, 1.82) is 0 Å². The lowest BCUT2D eigenvalue weighted by Gasteiger charge is -2.11. The number of aromatic nitrogens is 3. The summed E-state index contributed by atoms with van der Waals surface area (Å²) in [6.45, 7) is 0. The zero-order valence-corrected chi connectivity index (χ0v) is 23.9. The lowest BCUT2D eigenvalue weighted by atomic mass is 10.0. The number of para-hydroxylation sites is 2. The van der Waals surface area contributed by atoms with Crippen LogP contribution in [0, 0.1) is 0 Å². The molecule has 0 saturated carbocycles. The molecular formula is C41H27N3. The van der Waals surface area contributed by atoms with Crippen LogP contribution in [0.15, 0.2) is 164 Å². The molecule has 206 valence electrons. The van der Waals surface area contributed by atoms with Gasteiger partial charge >= 0.3 is 0 Å². The van der Waals surface area contributed by atoms with E-state index in [2.05, 4.69) is 161 Å². The molecule has 44 heavy (non-hydrogen) atoms. The van der Waals surface area contributed by atoms with E-state index >= 15 is 0 Å². The van der Waals surface area contributed by atoms with Crippen LogP contribution in [0.25, 0.3) is 77.4 Å². The van der Waals surface area contributed by atoms with Crippen molar-refractivity contribution in [3.05, 3.63) is 164 Å². The molecule has 6 aromatic carbocycles. The van der Waals surface area contributed by atoms with Crippen LogP contribution in [0.5, 0.6) is 0 Å². The van der Waals surface area contributed by atoms with Gasteiger partial charge in [-0.2, -0.15) is 0 Å². The lowest BCUT2D eigenvalue weighted by molar-refractivity contribution is 1.14. The van der Waals surface area contributed by atoms with E-state index in [1.165, 1.54) is 49.4 Å². The van der Waals surface area contributed by atoms with Gasteiger partial charge in [-0.05, 0) is 76.9 Å². The summed E-state index contributed by atoms with van der Waals surface area (Å²) in [5, 5.41) is 4.87. The van der Waals surface area contributed by atoms with E-state index in [4.69, 9.17) is 4.98 Å². The quantitative estimate of drug-likeness (QED) is 0.210. The van der Waals surface area contributed by atoms with E-state index in [0.717, 1.165) is 27.9 Å². The molecule has 0 N–H and O–H groups in total. The second kappa shape index (κ2) is 9.82. The maximum Gasteiger partial charge on any atom is 0.145 e. The van der Waals surface area contributed by atoms with Crippen LogP contribution < -0.4 is 0 Å². The molecular weight excluding hydrogens is 534 g/mol. The lowest BCUT2D eigenvalue weighted by Crippen LogP contribution is -1.95. The average molecular weight is 562 g/mol. The van der Waals surface area contributed by atoms with E-state index in [1.54, 1.807) is 0 Å². The Morgan fingerprint density at radius 2 is 0.864 bits per heavy atom. The normalized spacial score (nSPS) is 11.6. The zero-order chi connectivity index (χ0) is 29.0. The Bertz CT molecular complexity index is 2470. The molecule has 0 atom stereocenters. The molecule has 3 nitrogen and oxygen atoms in total. The monoisotopic (exact) mass is 561 g/mol. The van der Waals surface area contributed by atoms with Crippen molar-refractivity contribution >= 4 is 43.7 Å². The SMILES string of the molecule is c1ccc(-c2ccc(-n3c4cc(-c5ccc6c7ccccc7n(-c7ccccc7)c6c5)ccc4c4cccnc43)cc2)cc1. The highest BCUT2D eigenvalue weighted by molar-refractivity contribution is 6.11. The molecule has 0 radical (unpaired) electrons. The fourth-order valence-electron chi connectivity index (χ4n) is 6.72. The van der Waals surface area contributed by atoms with Gasteiger partial charge in [-0.3, -0.25) is 4.57 Å². The van der Waals surface area contributed by atoms with Crippen LogP contribution in [0.4, 0.5) is 0 Å². The first-order chi connectivity index (χ1) is 21.8. The Labute approximate surface area is 254 Å². The predicted octanol–water partition coefficient (Wildman–Crippen LogP) is 10.6. The fourth-order valence-corrected chi connectivity index (χ4v) is 6.72. The number of pyridine rings is 1. The van der Waals surface area contributed by atoms with Gasteiger partial charge in [0.2, 0.25) is 0 Å². The van der Waals surface area contributed by atoms with E-state index in [1.807, 2.05) is 12.3 Å². The molecule has 9 aromatic rings. The zero-order valence-electron chi connectivity index (χ0n) is 23.9. The second-order valence-electron chi connectivity index (χ2n) is 11.3. The molecule has 3 heteroatoms. The van der Waals surface area contributed by atoms with Gasteiger partial charge in [0.15, 0.2) is 0 Å². The molecule has 0 aliphatic rings. The summed E-state index contributed by atoms with van der Waals surface area (Å²) in [6.07, 6.45) is 1.88. The van der Waals surface area contributed by atoms with Crippen molar-refractivity contribution in [1.82, 2.24) is 14.1 Å². The Kier molecular flexibility index (Phi) is 5.50. The van der Waals surface area contributed by atoms with E-state index in [0.29, 0.717) is 0 Å². The van der Waals surface area contributed by atoms with Gasteiger partial charge in [0.25, 0.3) is 0 Å². The van der Waals surface area contributed by atoms with Gasteiger partial charge in [-0.15, -0.1) is 0 Å². The van der Waals surface area contributed by atoms with Crippen molar-refractivity contribution in [2.45, 2.75) is 0 Å². The number of fused-ring (bicyclic) bond motifs is 6. The molecule has 0 aliphatic heterocycles. The molecule has 9 rings (SSSR count). The van der Waals surface area contributed by atoms with Crippen LogP contribution >= 0.6 is 0 Å². The van der Waals surface area contributed by atoms with E-state index < -0.39 is 0 Å². The van der Waals surface area contributed by atoms with Crippen molar-refractivity contribution in [2.24, 2.45) is 0 Å². The Hall–Kier alpha value is -5.93. The number of hydrogen-bond donors (Lipinski definition) is 0. The third-order valence-corrected chi connectivity index (χ3v) is 8.78. The Morgan fingerprint density at radius 1 is 0.341 bits per heavy atom. The molecule has 0 aliphatic carbocycles. The van der Waals surface area contributed by atoms with Crippen LogP contribution in [0.1, 0.15) is 0 Å². The van der Waals surface area contributed by atoms with Gasteiger partial charge in [0, 0.05) is 39.1 Å². The highest BCUT2D eigenvalue weighted by atomic mass is 15.0. The van der Waals surface area contributed by atoms with Crippen LogP contribution in [0.3, 0.4) is 0 Å². The summed E-state index contributed by atoms with van der Waals surface area (Å²) in [5.41, 5.74) is 11.6. The van der Waals surface area contributed by atoms with Crippen LogP contribution in [-0.2, 0) is 0 Å². The number of rotatable bonds is 4. The molecule has 0 amide bonds. The van der Waals surface area contributed by atoms with Gasteiger partial charge in [0.05, 0.1) is 16.6 Å². The van der Waals surface area contributed by atoms with Crippen LogP contribution in [0.2, 0.25) is 0 Å². The van der Waals surface area contributed by atoms with Gasteiger partial charge in [-0.1, -0.05) is 103 Å². The summed E-state index contributed by atoms with van der Waals surface area (Å²) in [7, 11) is 0. The van der Waals surface area contributed by atoms with Gasteiger partial charge in [0.1, 0.15) is 5.65 Å². The average Bonchev–Trinajstić information content (AvgIpc) is 3.61. The molecule has 0 fully saturated rings. The maximum atomic E-state index is 4.85. The molecule has 3 aromatic heterocycles. The summed E-state index contributed by atoms with van der Waals surface area (Å²) in [5.74, 6) is 0.